The molecule has 0 aliphatic heterocycles. The fourth-order valence-electron chi connectivity index (χ4n) is 1.21. The number of furan rings is 1. The first-order valence-electron chi connectivity index (χ1n) is 4.36. The second-order valence-electron chi connectivity index (χ2n) is 3.04. The lowest BCUT2D eigenvalue weighted by molar-refractivity contribution is 0.568. The van der Waals surface area contributed by atoms with E-state index in [0.29, 0.717) is 12.4 Å². The average Bonchev–Trinajstić information content (AvgIpc) is 2.71. The molecule has 0 atom stereocenters. The van der Waals surface area contributed by atoms with Crippen molar-refractivity contribution in [1.29, 1.82) is 0 Å². The van der Waals surface area contributed by atoms with Crippen LogP contribution in [-0.2, 0) is 6.54 Å². The maximum atomic E-state index is 5.56. The summed E-state index contributed by atoms with van der Waals surface area (Å²) in [5.41, 5.74) is 8.32. The van der Waals surface area contributed by atoms with E-state index in [0.717, 1.165) is 16.8 Å². The summed E-state index contributed by atoms with van der Waals surface area (Å²) in [7, 11) is 0. The SMILES string of the molecule is Cc1cnc(-c2ccoc2)nc1CN. The Morgan fingerprint density at radius 3 is 3.00 bits per heavy atom. The van der Waals surface area contributed by atoms with E-state index in [1.165, 1.54) is 0 Å². The first kappa shape index (κ1) is 8.90. The predicted octanol–water partition coefficient (Wildman–Crippen LogP) is 1.50. The van der Waals surface area contributed by atoms with Gasteiger partial charge in [-0.25, -0.2) is 9.97 Å². The topological polar surface area (TPSA) is 64.9 Å². The Kier molecular flexibility index (Phi) is 2.28. The van der Waals surface area contributed by atoms with Gasteiger partial charge in [0, 0.05) is 12.7 Å². The van der Waals surface area contributed by atoms with E-state index >= 15 is 0 Å². The third kappa shape index (κ3) is 1.52. The molecule has 0 amide bonds. The molecule has 2 aromatic rings. The molecule has 0 fully saturated rings. The van der Waals surface area contributed by atoms with Crippen molar-refractivity contribution in [2.45, 2.75) is 13.5 Å². The molecule has 0 saturated heterocycles. The van der Waals surface area contributed by atoms with E-state index in [4.69, 9.17) is 10.2 Å². The Balaban J connectivity index is 2.46. The van der Waals surface area contributed by atoms with Crippen LogP contribution in [0.3, 0.4) is 0 Å². The normalized spacial score (nSPS) is 10.4. The number of rotatable bonds is 2. The van der Waals surface area contributed by atoms with Gasteiger partial charge >= 0.3 is 0 Å². The summed E-state index contributed by atoms with van der Waals surface area (Å²) in [6, 6.07) is 1.82. The van der Waals surface area contributed by atoms with Crippen molar-refractivity contribution in [3.8, 4) is 11.4 Å². The first-order chi connectivity index (χ1) is 6.81. The van der Waals surface area contributed by atoms with Crippen LogP contribution in [-0.4, -0.2) is 9.97 Å². The van der Waals surface area contributed by atoms with Gasteiger partial charge in [-0.05, 0) is 18.6 Å². The molecule has 0 bridgehead atoms. The molecule has 0 spiro atoms. The molecule has 0 aromatic carbocycles. The van der Waals surface area contributed by atoms with Crippen molar-refractivity contribution in [2.24, 2.45) is 5.73 Å². The van der Waals surface area contributed by atoms with Crippen LogP contribution in [0.15, 0.2) is 29.2 Å². The van der Waals surface area contributed by atoms with Gasteiger partial charge in [0.2, 0.25) is 0 Å². The molecule has 2 aromatic heterocycles. The Hall–Kier alpha value is -1.68. The van der Waals surface area contributed by atoms with Crippen molar-refractivity contribution in [2.75, 3.05) is 0 Å². The molecule has 0 aliphatic carbocycles. The van der Waals surface area contributed by atoms with Crippen LogP contribution in [0.4, 0.5) is 0 Å². The lowest BCUT2D eigenvalue weighted by Gasteiger charge is -2.02. The fourth-order valence-corrected chi connectivity index (χ4v) is 1.21. The van der Waals surface area contributed by atoms with Crippen molar-refractivity contribution in [3.63, 3.8) is 0 Å². The summed E-state index contributed by atoms with van der Waals surface area (Å²) < 4.78 is 4.96. The summed E-state index contributed by atoms with van der Waals surface area (Å²) in [4.78, 5) is 8.54. The molecule has 2 N–H and O–H groups in total. The maximum absolute atomic E-state index is 5.56. The monoisotopic (exact) mass is 189 g/mol. The van der Waals surface area contributed by atoms with Gasteiger partial charge in [0.25, 0.3) is 0 Å². The molecule has 14 heavy (non-hydrogen) atoms. The molecule has 4 nitrogen and oxygen atoms in total. The van der Waals surface area contributed by atoms with Crippen molar-refractivity contribution >= 4 is 0 Å². The van der Waals surface area contributed by atoms with E-state index in [2.05, 4.69) is 9.97 Å². The molecule has 0 aliphatic rings. The highest BCUT2D eigenvalue weighted by Crippen LogP contribution is 2.15. The summed E-state index contributed by atoms with van der Waals surface area (Å²) >= 11 is 0. The van der Waals surface area contributed by atoms with Crippen LogP contribution < -0.4 is 5.73 Å². The second kappa shape index (κ2) is 3.59. The van der Waals surface area contributed by atoms with Crippen LogP contribution in [0, 0.1) is 6.92 Å². The quantitative estimate of drug-likeness (QED) is 0.777. The summed E-state index contributed by atoms with van der Waals surface area (Å²) in [6.45, 7) is 2.38. The van der Waals surface area contributed by atoms with Gasteiger partial charge in [-0.15, -0.1) is 0 Å². The number of hydrogen-bond acceptors (Lipinski definition) is 4. The van der Waals surface area contributed by atoms with Gasteiger partial charge in [-0.2, -0.15) is 0 Å². The molecular weight excluding hydrogens is 178 g/mol. The lowest BCUT2D eigenvalue weighted by atomic mass is 10.2. The third-order valence-corrected chi connectivity index (χ3v) is 2.05. The molecule has 0 unspecified atom stereocenters. The highest BCUT2D eigenvalue weighted by molar-refractivity contribution is 5.52. The van der Waals surface area contributed by atoms with Crippen LogP contribution in [0.25, 0.3) is 11.4 Å². The number of nitrogens with zero attached hydrogens (tertiary/aromatic N) is 2. The molecule has 4 heteroatoms. The van der Waals surface area contributed by atoms with Gasteiger partial charge in [-0.1, -0.05) is 0 Å². The van der Waals surface area contributed by atoms with Crippen molar-refractivity contribution in [1.82, 2.24) is 9.97 Å². The second-order valence-corrected chi connectivity index (χ2v) is 3.04. The highest BCUT2D eigenvalue weighted by Gasteiger charge is 2.05. The summed E-state index contributed by atoms with van der Waals surface area (Å²) in [6.07, 6.45) is 4.99. The molecule has 2 rings (SSSR count). The van der Waals surface area contributed by atoms with Gasteiger partial charge in [-0.3, -0.25) is 0 Å². The molecular formula is C10H11N3O. The Morgan fingerprint density at radius 2 is 2.36 bits per heavy atom. The fraction of sp³-hybridized carbons (Fsp3) is 0.200. The Labute approximate surface area is 81.8 Å². The third-order valence-electron chi connectivity index (χ3n) is 2.05. The summed E-state index contributed by atoms with van der Waals surface area (Å²) in [5, 5.41) is 0. The number of hydrogen-bond donors (Lipinski definition) is 1. The van der Waals surface area contributed by atoms with E-state index in [1.807, 2.05) is 13.0 Å². The molecule has 72 valence electrons. The zero-order valence-electron chi connectivity index (χ0n) is 7.90. The van der Waals surface area contributed by atoms with Crippen LogP contribution in [0.1, 0.15) is 11.3 Å². The van der Waals surface area contributed by atoms with Crippen LogP contribution in [0.5, 0.6) is 0 Å². The minimum absolute atomic E-state index is 0.430. The first-order valence-corrected chi connectivity index (χ1v) is 4.36. The molecule has 0 radical (unpaired) electrons. The van der Waals surface area contributed by atoms with Gasteiger partial charge in [0.15, 0.2) is 5.82 Å². The van der Waals surface area contributed by atoms with Crippen molar-refractivity contribution < 1.29 is 4.42 Å². The van der Waals surface area contributed by atoms with Crippen LogP contribution >= 0.6 is 0 Å². The molecule has 0 saturated carbocycles. The van der Waals surface area contributed by atoms with E-state index in [1.54, 1.807) is 18.7 Å². The number of aryl methyl sites for hydroxylation is 1. The number of nitrogens with two attached hydrogens (primary N) is 1. The van der Waals surface area contributed by atoms with Gasteiger partial charge < -0.3 is 10.2 Å². The van der Waals surface area contributed by atoms with Crippen LogP contribution in [0.2, 0.25) is 0 Å². The smallest absolute Gasteiger partial charge is 0.162 e. The zero-order chi connectivity index (χ0) is 9.97. The minimum Gasteiger partial charge on any atom is -0.472 e. The molecule has 2 heterocycles. The van der Waals surface area contributed by atoms with E-state index < -0.39 is 0 Å². The average molecular weight is 189 g/mol. The Morgan fingerprint density at radius 1 is 1.50 bits per heavy atom. The lowest BCUT2D eigenvalue weighted by Crippen LogP contribution is -2.04. The van der Waals surface area contributed by atoms with Crippen molar-refractivity contribution in [3.05, 3.63) is 36.0 Å². The summed E-state index contributed by atoms with van der Waals surface area (Å²) in [5.74, 6) is 0.657. The Bertz CT molecular complexity index is 423. The maximum Gasteiger partial charge on any atom is 0.162 e. The number of aromatic nitrogens is 2. The van der Waals surface area contributed by atoms with Gasteiger partial charge in [0.1, 0.15) is 6.26 Å². The standard InChI is InChI=1S/C10H11N3O/c1-7-5-12-10(13-9(7)4-11)8-2-3-14-6-8/h2-3,5-6H,4,11H2,1H3. The van der Waals surface area contributed by atoms with E-state index in [9.17, 15) is 0 Å². The largest absolute Gasteiger partial charge is 0.472 e. The van der Waals surface area contributed by atoms with Gasteiger partial charge in [0.05, 0.1) is 17.5 Å². The van der Waals surface area contributed by atoms with E-state index in [-0.39, 0.29) is 0 Å². The predicted molar refractivity (Wildman–Crippen MR) is 52.4 cm³/mol. The zero-order valence-corrected chi connectivity index (χ0v) is 7.90. The minimum atomic E-state index is 0.430. The highest BCUT2D eigenvalue weighted by atomic mass is 16.3.